The van der Waals surface area contributed by atoms with Crippen molar-refractivity contribution < 1.29 is 9.53 Å². The highest BCUT2D eigenvalue weighted by Crippen LogP contribution is 2.35. The van der Waals surface area contributed by atoms with Crippen LogP contribution in [-0.4, -0.2) is 31.2 Å². The summed E-state index contributed by atoms with van der Waals surface area (Å²) in [7, 11) is 0. The van der Waals surface area contributed by atoms with Gasteiger partial charge in [-0.3, -0.25) is 4.79 Å². The van der Waals surface area contributed by atoms with Gasteiger partial charge in [0.1, 0.15) is 6.10 Å². The molecule has 3 N–H and O–H groups in total. The fraction of sp³-hybridized carbons (Fsp3) is 0.562. The Morgan fingerprint density at radius 3 is 2.55 bits per heavy atom. The maximum Gasteiger partial charge on any atom is 0.249 e. The Labute approximate surface area is 141 Å². The largest absolute Gasteiger partial charge is 0.364 e. The summed E-state index contributed by atoms with van der Waals surface area (Å²) < 4.78 is 5.60. The molecule has 1 aromatic rings. The molecule has 0 unspecified atom stereocenters. The first kappa shape index (κ1) is 17.5. The molecule has 22 heavy (non-hydrogen) atoms. The summed E-state index contributed by atoms with van der Waals surface area (Å²) in [5, 5.41) is 4.15. The third-order valence-electron chi connectivity index (χ3n) is 4.01. The number of ether oxygens (including phenoxy) is 1. The smallest absolute Gasteiger partial charge is 0.249 e. The van der Waals surface area contributed by atoms with Gasteiger partial charge < -0.3 is 15.8 Å². The molecular formula is C16H22Cl2N2O2. The Morgan fingerprint density at radius 2 is 2.00 bits per heavy atom. The van der Waals surface area contributed by atoms with Gasteiger partial charge in [-0.1, -0.05) is 43.1 Å². The summed E-state index contributed by atoms with van der Waals surface area (Å²) in [5.41, 5.74) is 6.02. The standard InChI is InChI=1S/C16H22Cl2N2O2/c1-16(2,14-11(17)4-3-5-12(14)18)9-20-15(21)13-7-6-10(8-19)22-13/h3-5,10,13H,6-9,19H2,1-2H3,(H,20,21)/t10-,13+/m1/s1. The van der Waals surface area contributed by atoms with E-state index >= 15 is 0 Å². The quantitative estimate of drug-likeness (QED) is 0.863. The van der Waals surface area contributed by atoms with Crippen molar-refractivity contribution in [1.82, 2.24) is 5.32 Å². The van der Waals surface area contributed by atoms with Crippen molar-refractivity contribution in [2.75, 3.05) is 13.1 Å². The number of hydrogen-bond acceptors (Lipinski definition) is 3. The molecule has 1 aliphatic heterocycles. The van der Waals surface area contributed by atoms with E-state index in [9.17, 15) is 4.79 Å². The van der Waals surface area contributed by atoms with E-state index in [4.69, 9.17) is 33.7 Å². The fourth-order valence-electron chi connectivity index (χ4n) is 2.73. The summed E-state index contributed by atoms with van der Waals surface area (Å²) in [6, 6.07) is 5.42. The van der Waals surface area contributed by atoms with Crippen LogP contribution in [0.15, 0.2) is 18.2 Å². The van der Waals surface area contributed by atoms with Crippen molar-refractivity contribution in [3.8, 4) is 0 Å². The summed E-state index contributed by atoms with van der Waals surface area (Å²) in [6.07, 6.45) is 1.11. The molecule has 1 fully saturated rings. The molecule has 4 nitrogen and oxygen atoms in total. The van der Waals surface area contributed by atoms with Gasteiger partial charge in [0.2, 0.25) is 5.91 Å². The number of amides is 1. The van der Waals surface area contributed by atoms with Crippen LogP contribution in [0.3, 0.4) is 0 Å². The second-order valence-electron chi connectivity index (χ2n) is 6.26. The minimum atomic E-state index is -0.411. The molecule has 1 aromatic carbocycles. The van der Waals surface area contributed by atoms with Crippen LogP contribution in [0.2, 0.25) is 10.0 Å². The average Bonchev–Trinajstić information content (AvgIpc) is 2.93. The topological polar surface area (TPSA) is 64.4 Å². The molecule has 6 heteroatoms. The molecule has 0 spiro atoms. The van der Waals surface area contributed by atoms with Crippen LogP contribution in [0.1, 0.15) is 32.3 Å². The normalized spacial score (nSPS) is 21.9. The summed E-state index contributed by atoms with van der Waals surface area (Å²) >= 11 is 12.5. The minimum Gasteiger partial charge on any atom is -0.364 e. The number of nitrogens with one attached hydrogen (secondary N) is 1. The van der Waals surface area contributed by atoms with Gasteiger partial charge in [-0.05, 0) is 30.5 Å². The predicted molar refractivity (Wildman–Crippen MR) is 89.4 cm³/mol. The maximum absolute atomic E-state index is 12.2. The SMILES string of the molecule is CC(C)(CNC(=O)[C@@H]1CC[C@H](CN)O1)c1c(Cl)cccc1Cl. The fourth-order valence-corrected chi connectivity index (χ4v) is 3.64. The van der Waals surface area contributed by atoms with Gasteiger partial charge in [-0.2, -0.15) is 0 Å². The number of nitrogens with two attached hydrogens (primary N) is 1. The Bertz CT molecular complexity index is 529. The van der Waals surface area contributed by atoms with Gasteiger partial charge in [-0.15, -0.1) is 0 Å². The second-order valence-corrected chi connectivity index (χ2v) is 7.07. The molecule has 1 heterocycles. The van der Waals surface area contributed by atoms with Crippen molar-refractivity contribution in [1.29, 1.82) is 0 Å². The van der Waals surface area contributed by atoms with Crippen molar-refractivity contribution in [3.05, 3.63) is 33.8 Å². The van der Waals surface area contributed by atoms with Gasteiger partial charge >= 0.3 is 0 Å². The molecule has 0 aromatic heterocycles. The number of carbonyl (C=O) groups is 1. The van der Waals surface area contributed by atoms with Crippen LogP contribution < -0.4 is 11.1 Å². The summed E-state index contributed by atoms with van der Waals surface area (Å²) in [4.78, 5) is 12.2. The lowest BCUT2D eigenvalue weighted by molar-refractivity contribution is -0.132. The lowest BCUT2D eigenvalue weighted by atomic mass is 9.84. The third kappa shape index (κ3) is 3.93. The van der Waals surface area contributed by atoms with E-state index in [-0.39, 0.29) is 17.4 Å². The molecule has 2 rings (SSSR count). The average molecular weight is 345 g/mol. The van der Waals surface area contributed by atoms with E-state index in [0.717, 1.165) is 12.0 Å². The van der Waals surface area contributed by atoms with E-state index in [1.165, 1.54) is 0 Å². The zero-order chi connectivity index (χ0) is 16.3. The van der Waals surface area contributed by atoms with E-state index < -0.39 is 6.10 Å². The van der Waals surface area contributed by atoms with Crippen LogP contribution in [0.25, 0.3) is 0 Å². The number of carbonyl (C=O) groups excluding carboxylic acids is 1. The van der Waals surface area contributed by atoms with Crippen molar-refractivity contribution >= 4 is 29.1 Å². The highest BCUT2D eigenvalue weighted by Gasteiger charge is 2.32. The number of rotatable bonds is 5. The van der Waals surface area contributed by atoms with Gasteiger partial charge in [0, 0.05) is 28.5 Å². The molecule has 1 aliphatic rings. The minimum absolute atomic E-state index is 0.0122. The predicted octanol–water partition coefficient (Wildman–Crippen LogP) is 2.89. The Kier molecular flexibility index (Phi) is 5.72. The Hall–Kier alpha value is -0.810. The van der Waals surface area contributed by atoms with E-state index in [1.54, 1.807) is 12.1 Å². The van der Waals surface area contributed by atoms with Crippen molar-refractivity contribution in [2.24, 2.45) is 5.73 Å². The molecule has 1 saturated heterocycles. The van der Waals surface area contributed by atoms with Gasteiger partial charge in [-0.25, -0.2) is 0 Å². The van der Waals surface area contributed by atoms with Crippen LogP contribution in [0, 0.1) is 0 Å². The molecule has 0 radical (unpaired) electrons. The summed E-state index contributed by atoms with van der Waals surface area (Å²) in [5.74, 6) is -0.104. The summed E-state index contributed by atoms with van der Waals surface area (Å²) in [6.45, 7) is 4.88. The lowest BCUT2D eigenvalue weighted by Crippen LogP contribution is -2.42. The molecular weight excluding hydrogens is 323 g/mol. The van der Waals surface area contributed by atoms with E-state index in [0.29, 0.717) is 29.6 Å². The molecule has 122 valence electrons. The van der Waals surface area contributed by atoms with Crippen LogP contribution in [0.5, 0.6) is 0 Å². The Morgan fingerprint density at radius 1 is 1.36 bits per heavy atom. The Balaban J connectivity index is 1.99. The molecule has 0 bridgehead atoms. The van der Waals surface area contributed by atoms with E-state index in [2.05, 4.69) is 5.32 Å². The number of hydrogen-bond donors (Lipinski definition) is 2. The third-order valence-corrected chi connectivity index (χ3v) is 4.64. The lowest BCUT2D eigenvalue weighted by Gasteiger charge is -2.28. The monoisotopic (exact) mass is 344 g/mol. The number of benzene rings is 1. The first-order chi connectivity index (χ1) is 10.3. The number of halogens is 2. The highest BCUT2D eigenvalue weighted by atomic mass is 35.5. The molecule has 1 amide bonds. The van der Waals surface area contributed by atoms with Crippen molar-refractivity contribution in [2.45, 2.75) is 44.3 Å². The van der Waals surface area contributed by atoms with Crippen LogP contribution in [0.4, 0.5) is 0 Å². The zero-order valence-electron chi connectivity index (χ0n) is 12.9. The van der Waals surface area contributed by atoms with Gasteiger partial charge in [0.15, 0.2) is 0 Å². The molecule has 0 saturated carbocycles. The first-order valence-corrected chi connectivity index (χ1v) is 8.18. The molecule has 0 aliphatic carbocycles. The van der Waals surface area contributed by atoms with Crippen molar-refractivity contribution in [3.63, 3.8) is 0 Å². The van der Waals surface area contributed by atoms with Gasteiger partial charge in [0.05, 0.1) is 6.10 Å². The van der Waals surface area contributed by atoms with Gasteiger partial charge in [0.25, 0.3) is 0 Å². The van der Waals surface area contributed by atoms with E-state index in [1.807, 2.05) is 19.9 Å². The van der Waals surface area contributed by atoms with Crippen LogP contribution in [-0.2, 0) is 14.9 Å². The molecule has 2 atom stereocenters. The second kappa shape index (κ2) is 7.18. The first-order valence-electron chi connectivity index (χ1n) is 7.43. The zero-order valence-corrected chi connectivity index (χ0v) is 14.4. The maximum atomic E-state index is 12.2. The highest BCUT2D eigenvalue weighted by molar-refractivity contribution is 6.36. The van der Waals surface area contributed by atoms with Crippen LogP contribution >= 0.6 is 23.2 Å².